The van der Waals surface area contributed by atoms with Crippen LogP contribution in [-0.4, -0.2) is 79.6 Å². The van der Waals surface area contributed by atoms with Gasteiger partial charge in [0.15, 0.2) is 6.61 Å². The van der Waals surface area contributed by atoms with Gasteiger partial charge in [-0.3, -0.25) is 4.79 Å². The fraction of sp³-hybridized carbons (Fsp3) is 0.650. The Kier molecular flexibility index (Phi) is 11.3. The lowest BCUT2D eigenvalue weighted by atomic mass is 10.3. The smallest absolute Gasteiger partial charge is 0.260 e. The van der Waals surface area contributed by atoms with Crippen molar-refractivity contribution in [3.05, 3.63) is 29.3 Å². The summed E-state index contributed by atoms with van der Waals surface area (Å²) in [4.78, 5) is 19.3. The zero-order valence-electron chi connectivity index (χ0n) is 16.7. The number of carbonyl (C=O) groups excluding carboxylic acids is 1. The van der Waals surface area contributed by atoms with Crippen molar-refractivity contribution >= 4 is 17.5 Å². The summed E-state index contributed by atoms with van der Waals surface area (Å²) >= 11 is 5.88. The van der Waals surface area contributed by atoms with Crippen LogP contribution >= 0.6 is 11.6 Å². The quantitative estimate of drug-likeness (QED) is 0.524. The molecule has 1 rings (SSSR count). The van der Waals surface area contributed by atoms with Crippen molar-refractivity contribution in [1.29, 1.82) is 0 Å². The molecule has 1 aromatic carbocycles. The first kappa shape index (κ1) is 22.7. The minimum Gasteiger partial charge on any atom is -0.484 e. The van der Waals surface area contributed by atoms with Crippen LogP contribution < -0.4 is 4.74 Å². The highest BCUT2D eigenvalue weighted by molar-refractivity contribution is 6.30. The fourth-order valence-corrected chi connectivity index (χ4v) is 2.86. The molecule has 5 nitrogen and oxygen atoms in total. The number of likely N-dealkylation sites (N-methyl/N-ethyl adjacent to an activating group) is 2. The standard InChI is InChI=1S/C20H34ClN3O2/c1-5-22(6-2)13-15-24(16-14-23(7-3)8-4)20(25)17-26-19-11-9-18(21)10-12-19/h9-12H,5-8,13-17H2,1-4H3. The number of carbonyl (C=O) groups is 1. The largest absolute Gasteiger partial charge is 0.484 e. The highest BCUT2D eigenvalue weighted by Crippen LogP contribution is 2.15. The summed E-state index contributed by atoms with van der Waals surface area (Å²) in [6.07, 6.45) is 0. The molecule has 0 aliphatic rings. The van der Waals surface area contributed by atoms with Gasteiger partial charge >= 0.3 is 0 Å². The topological polar surface area (TPSA) is 36.0 Å². The van der Waals surface area contributed by atoms with E-state index in [-0.39, 0.29) is 12.5 Å². The molecule has 0 unspecified atom stereocenters. The number of hydrogen-bond donors (Lipinski definition) is 0. The highest BCUT2D eigenvalue weighted by atomic mass is 35.5. The Morgan fingerprint density at radius 2 is 1.31 bits per heavy atom. The maximum atomic E-state index is 12.7. The summed E-state index contributed by atoms with van der Waals surface area (Å²) < 4.78 is 5.65. The van der Waals surface area contributed by atoms with Crippen LogP contribution in [0.3, 0.4) is 0 Å². The van der Waals surface area contributed by atoms with Gasteiger partial charge in [0.05, 0.1) is 0 Å². The molecule has 1 amide bonds. The van der Waals surface area contributed by atoms with Gasteiger partial charge < -0.3 is 19.4 Å². The molecule has 0 bridgehead atoms. The maximum Gasteiger partial charge on any atom is 0.260 e. The Labute approximate surface area is 163 Å². The van der Waals surface area contributed by atoms with Gasteiger partial charge in [0.25, 0.3) is 5.91 Å². The van der Waals surface area contributed by atoms with Gasteiger partial charge in [-0.25, -0.2) is 0 Å². The Morgan fingerprint density at radius 3 is 1.73 bits per heavy atom. The normalized spacial score (nSPS) is 11.2. The molecule has 6 heteroatoms. The van der Waals surface area contributed by atoms with Crippen LogP contribution in [0.4, 0.5) is 0 Å². The molecule has 0 aromatic heterocycles. The highest BCUT2D eigenvalue weighted by Gasteiger charge is 2.16. The monoisotopic (exact) mass is 383 g/mol. The van der Waals surface area contributed by atoms with Crippen LogP contribution in [0.15, 0.2) is 24.3 Å². The SMILES string of the molecule is CCN(CC)CCN(CCN(CC)CC)C(=O)COc1ccc(Cl)cc1. The van der Waals surface area contributed by atoms with E-state index in [0.717, 1.165) is 52.4 Å². The molecule has 0 aliphatic carbocycles. The van der Waals surface area contributed by atoms with E-state index in [4.69, 9.17) is 16.3 Å². The van der Waals surface area contributed by atoms with E-state index in [2.05, 4.69) is 37.5 Å². The molecular weight excluding hydrogens is 350 g/mol. The molecule has 26 heavy (non-hydrogen) atoms. The molecule has 0 aliphatic heterocycles. The third-order valence-corrected chi connectivity index (χ3v) is 4.94. The molecule has 0 fully saturated rings. The van der Waals surface area contributed by atoms with Crippen molar-refractivity contribution in [3.63, 3.8) is 0 Å². The minimum absolute atomic E-state index is 0.0271. The lowest BCUT2D eigenvalue weighted by molar-refractivity contribution is -0.133. The predicted molar refractivity (Wildman–Crippen MR) is 109 cm³/mol. The van der Waals surface area contributed by atoms with Crippen molar-refractivity contribution < 1.29 is 9.53 Å². The molecule has 0 radical (unpaired) electrons. The molecule has 0 spiro atoms. The Morgan fingerprint density at radius 1 is 0.846 bits per heavy atom. The van der Waals surface area contributed by atoms with E-state index in [0.29, 0.717) is 10.8 Å². The molecule has 0 saturated heterocycles. The van der Waals surface area contributed by atoms with Gasteiger partial charge in [-0.1, -0.05) is 39.3 Å². The summed E-state index contributed by atoms with van der Waals surface area (Å²) in [5.41, 5.74) is 0. The van der Waals surface area contributed by atoms with Crippen molar-refractivity contribution in [2.45, 2.75) is 27.7 Å². The number of halogens is 1. The van der Waals surface area contributed by atoms with Gasteiger partial charge in [0, 0.05) is 31.2 Å². The second-order valence-corrected chi connectivity index (χ2v) is 6.61. The third-order valence-electron chi connectivity index (χ3n) is 4.69. The average Bonchev–Trinajstić information content (AvgIpc) is 2.67. The number of nitrogens with zero attached hydrogens (tertiary/aromatic N) is 3. The average molecular weight is 384 g/mol. The zero-order valence-corrected chi connectivity index (χ0v) is 17.5. The second-order valence-electron chi connectivity index (χ2n) is 6.18. The molecule has 0 N–H and O–H groups in total. The van der Waals surface area contributed by atoms with Crippen LogP contribution in [0.5, 0.6) is 5.75 Å². The zero-order chi connectivity index (χ0) is 19.4. The number of rotatable bonds is 13. The van der Waals surface area contributed by atoms with Crippen LogP contribution in [0.25, 0.3) is 0 Å². The first-order valence-corrected chi connectivity index (χ1v) is 10.0. The molecule has 0 heterocycles. The van der Waals surface area contributed by atoms with Crippen LogP contribution in [-0.2, 0) is 4.79 Å². The summed E-state index contributed by atoms with van der Waals surface area (Å²) in [6.45, 7) is 15.9. The minimum atomic E-state index is 0.0271. The number of ether oxygens (including phenoxy) is 1. The Balaban J connectivity index is 2.61. The van der Waals surface area contributed by atoms with Crippen LogP contribution in [0, 0.1) is 0 Å². The van der Waals surface area contributed by atoms with E-state index in [1.165, 1.54) is 0 Å². The summed E-state index contributed by atoms with van der Waals surface area (Å²) in [5.74, 6) is 0.689. The van der Waals surface area contributed by atoms with Crippen molar-refractivity contribution in [2.24, 2.45) is 0 Å². The molecular formula is C20H34ClN3O2. The number of amides is 1. The van der Waals surface area contributed by atoms with Gasteiger partial charge in [0.2, 0.25) is 0 Å². The van der Waals surface area contributed by atoms with Crippen LogP contribution in [0.2, 0.25) is 5.02 Å². The van der Waals surface area contributed by atoms with Gasteiger partial charge in [-0.05, 0) is 50.4 Å². The second kappa shape index (κ2) is 13.0. The first-order chi connectivity index (χ1) is 12.5. The van der Waals surface area contributed by atoms with Gasteiger partial charge in [0.1, 0.15) is 5.75 Å². The summed E-state index contributed by atoms with van der Waals surface area (Å²) in [7, 11) is 0. The number of hydrogen-bond acceptors (Lipinski definition) is 4. The molecule has 0 atom stereocenters. The van der Waals surface area contributed by atoms with E-state index in [1.807, 2.05) is 4.90 Å². The van der Waals surface area contributed by atoms with Crippen molar-refractivity contribution in [3.8, 4) is 5.75 Å². The van der Waals surface area contributed by atoms with E-state index in [1.54, 1.807) is 24.3 Å². The maximum absolute atomic E-state index is 12.7. The number of benzene rings is 1. The van der Waals surface area contributed by atoms with E-state index >= 15 is 0 Å². The molecule has 1 aromatic rings. The molecule has 148 valence electrons. The van der Waals surface area contributed by atoms with Gasteiger partial charge in [-0.15, -0.1) is 0 Å². The van der Waals surface area contributed by atoms with E-state index < -0.39 is 0 Å². The lowest BCUT2D eigenvalue weighted by Gasteiger charge is -2.29. The van der Waals surface area contributed by atoms with Crippen LogP contribution in [0.1, 0.15) is 27.7 Å². The van der Waals surface area contributed by atoms with Gasteiger partial charge in [-0.2, -0.15) is 0 Å². The summed E-state index contributed by atoms with van der Waals surface area (Å²) in [5, 5.41) is 0.656. The fourth-order valence-electron chi connectivity index (χ4n) is 2.73. The van der Waals surface area contributed by atoms with Crippen molar-refractivity contribution in [1.82, 2.24) is 14.7 Å². The van der Waals surface area contributed by atoms with E-state index in [9.17, 15) is 4.79 Å². The lowest BCUT2D eigenvalue weighted by Crippen LogP contribution is -2.44. The first-order valence-electron chi connectivity index (χ1n) is 9.64. The summed E-state index contributed by atoms with van der Waals surface area (Å²) in [6, 6.07) is 7.09. The Bertz CT molecular complexity index is 486. The molecule has 0 saturated carbocycles. The third kappa shape index (κ3) is 8.39. The Hall–Kier alpha value is -1.30. The van der Waals surface area contributed by atoms with Crippen molar-refractivity contribution in [2.75, 3.05) is 59.0 Å². The predicted octanol–water partition coefficient (Wildman–Crippen LogP) is 3.23.